The maximum absolute atomic E-state index is 11.8. The molecule has 0 radical (unpaired) electrons. The molecule has 0 aliphatic heterocycles. The number of aryl methyl sites for hydroxylation is 1. The minimum absolute atomic E-state index is 0.0533. The molecule has 0 saturated carbocycles. The lowest BCUT2D eigenvalue weighted by atomic mass is 9.88. The predicted molar refractivity (Wildman–Crippen MR) is 74.5 cm³/mol. The molecule has 2 heteroatoms. The van der Waals surface area contributed by atoms with Gasteiger partial charge in [-0.05, 0) is 38.2 Å². The number of aliphatic hydroxyl groups is 1. The molecule has 1 aromatic rings. The molecule has 1 N–H and O–H groups in total. The molecule has 0 spiro atoms. The van der Waals surface area contributed by atoms with Crippen LogP contribution in [-0.4, -0.2) is 16.5 Å². The van der Waals surface area contributed by atoms with Gasteiger partial charge in [0.1, 0.15) is 5.60 Å². The summed E-state index contributed by atoms with van der Waals surface area (Å²) in [5.74, 6) is 0.312. The summed E-state index contributed by atoms with van der Waals surface area (Å²) < 4.78 is 0. The zero-order valence-corrected chi connectivity index (χ0v) is 11.6. The smallest absolute Gasteiger partial charge is 0.164 e. The first-order valence-electron chi connectivity index (χ1n) is 6.73. The van der Waals surface area contributed by atoms with E-state index >= 15 is 0 Å². The SMILES string of the molecule is CCC(CCc1ccccc1)CC(=O)C(C)(C)O. The molecule has 1 aromatic carbocycles. The summed E-state index contributed by atoms with van der Waals surface area (Å²) >= 11 is 0. The second-order valence-corrected chi connectivity index (χ2v) is 5.48. The summed E-state index contributed by atoms with van der Waals surface area (Å²) in [6.07, 6.45) is 3.46. The highest BCUT2D eigenvalue weighted by atomic mass is 16.3. The average Bonchev–Trinajstić information content (AvgIpc) is 2.34. The van der Waals surface area contributed by atoms with Gasteiger partial charge in [0, 0.05) is 6.42 Å². The van der Waals surface area contributed by atoms with Crippen LogP contribution in [0.1, 0.15) is 45.6 Å². The second kappa shape index (κ2) is 6.69. The van der Waals surface area contributed by atoms with Crippen LogP contribution in [-0.2, 0) is 11.2 Å². The lowest BCUT2D eigenvalue weighted by molar-refractivity contribution is -0.135. The Kier molecular flexibility index (Phi) is 5.54. The van der Waals surface area contributed by atoms with E-state index in [1.54, 1.807) is 13.8 Å². The fourth-order valence-corrected chi connectivity index (χ4v) is 1.98. The Labute approximate surface area is 110 Å². The van der Waals surface area contributed by atoms with Crippen molar-refractivity contribution in [3.05, 3.63) is 35.9 Å². The second-order valence-electron chi connectivity index (χ2n) is 5.48. The van der Waals surface area contributed by atoms with Crippen molar-refractivity contribution >= 4 is 5.78 Å². The summed E-state index contributed by atoms with van der Waals surface area (Å²) in [6.45, 7) is 5.24. The lowest BCUT2D eigenvalue weighted by Crippen LogP contribution is -2.32. The molecular weight excluding hydrogens is 224 g/mol. The average molecular weight is 248 g/mol. The van der Waals surface area contributed by atoms with Gasteiger partial charge in [-0.2, -0.15) is 0 Å². The van der Waals surface area contributed by atoms with Gasteiger partial charge >= 0.3 is 0 Å². The molecule has 100 valence electrons. The number of hydrogen-bond donors (Lipinski definition) is 1. The number of carbonyl (C=O) groups is 1. The Hall–Kier alpha value is -1.15. The number of benzene rings is 1. The van der Waals surface area contributed by atoms with Crippen LogP contribution in [0.5, 0.6) is 0 Å². The third-order valence-corrected chi connectivity index (χ3v) is 3.42. The number of carbonyl (C=O) groups excluding carboxylic acids is 1. The third-order valence-electron chi connectivity index (χ3n) is 3.42. The van der Waals surface area contributed by atoms with Gasteiger partial charge in [-0.1, -0.05) is 43.7 Å². The highest BCUT2D eigenvalue weighted by Crippen LogP contribution is 2.20. The summed E-state index contributed by atoms with van der Waals surface area (Å²) in [7, 11) is 0. The molecule has 0 saturated heterocycles. The first-order valence-corrected chi connectivity index (χ1v) is 6.73. The molecule has 1 atom stereocenters. The van der Waals surface area contributed by atoms with Crippen LogP contribution >= 0.6 is 0 Å². The van der Waals surface area contributed by atoms with Gasteiger partial charge in [0.05, 0.1) is 0 Å². The molecule has 0 heterocycles. The van der Waals surface area contributed by atoms with Crippen molar-refractivity contribution in [2.45, 2.75) is 52.1 Å². The van der Waals surface area contributed by atoms with Gasteiger partial charge in [0.15, 0.2) is 5.78 Å². The monoisotopic (exact) mass is 248 g/mol. The molecule has 0 aliphatic rings. The van der Waals surface area contributed by atoms with Crippen molar-refractivity contribution in [1.29, 1.82) is 0 Å². The first kappa shape index (κ1) is 14.9. The molecule has 1 rings (SSSR count). The van der Waals surface area contributed by atoms with Gasteiger partial charge < -0.3 is 5.11 Å². The number of hydrogen-bond acceptors (Lipinski definition) is 2. The van der Waals surface area contributed by atoms with E-state index in [9.17, 15) is 9.90 Å². The fourth-order valence-electron chi connectivity index (χ4n) is 1.98. The van der Waals surface area contributed by atoms with E-state index in [1.165, 1.54) is 5.56 Å². The van der Waals surface area contributed by atoms with E-state index in [-0.39, 0.29) is 5.78 Å². The van der Waals surface area contributed by atoms with Crippen molar-refractivity contribution in [1.82, 2.24) is 0 Å². The summed E-state index contributed by atoms with van der Waals surface area (Å²) in [5, 5.41) is 9.67. The van der Waals surface area contributed by atoms with Crippen molar-refractivity contribution in [2.24, 2.45) is 5.92 Å². The van der Waals surface area contributed by atoms with Crippen LogP contribution in [0.3, 0.4) is 0 Å². The Bertz CT molecular complexity index is 362. The largest absolute Gasteiger partial charge is 0.383 e. The molecule has 2 nitrogen and oxygen atoms in total. The van der Waals surface area contributed by atoms with Gasteiger partial charge in [0.2, 0.25) is 0 Å². The number of Topliss-reactive ketones (excluding diaryl/α,β-unsaturated/α-hetero) is 1. The Morgan fingerprint density at radius 3 is 2.39 bits per heavy atom. The van der Waals surface area contributed by atoms with E-state index in [0.717, 1.165) is 19.3 Å². The van der Waals surface area contributed by atoms with E-state index in [4.69, 9.17) is 0 Å². The lowest BCUT2D eigenvalue weighted by Gasteiger charge is -2.20. The zero-order valence-electron chi connectivity index (χ0n) is 11.6. The molecule has 18 heavy (non-hydrogen) atoms. The minimum atomic E-state index is -1.19. The van der Waals surface area contributed by atoms with Gasteiger partial charge in [-0.25, -0.2) is 0 Å². The number of ketones is 1. The van der Waals surface area contributed by atoms with E-state index < -0.39 is 5.60 Å². The summed E-state index contributed by atoms with van der Waals surface area (Å²) in [5.41, 5.74) is 0.117. The fraction of sp³-hybridized carbons (Fsp3) is 0.562. The molecule has 0 fully saturated rings. The molecule has 0 aromatic heterocycles. The quantitative estimate of drug-likeness (QED) is 0.803. The number of rotatable bonds is 7. The minimum Gasteiger partial charge on any atom is -0.383 e. The molecule has 1 unspecified atom stereocenters. The Morgan fingerprint density at radius 2 is 1.89 bits per heavy atom. The van der Waals surface area contributed by atoms with Crippen LogP contribution in [0.15, 0.2) is 30.3 Å². The van der Waals surface area contributed by atoms with Crippen LogP contribution in [0, 0.1) is 5.92 Å². The van der Waals surface area contributed by atoms with Crippen molar-refractivity contribution in [3.8, 4) is 0 Å². The highest BCUT2D eigenvalue weighted by Gasteiger charge is 2.25. The standard InChI is InChI=1S/C16H24O2/c1-4-13(12-15(17)16(2,3)18)10-11-14-8-6-5-7-9-14/h5-9,13,18H,4,10-12H2,1-3H3. The summed E-state index contributed by atoms with van der Waals surface area (Å²) in [6, 6.07) is 10.3. The first-order chi connectivity index (χ1) is 8.43. The van der Waals surface area contributed by atoms with Gasteiger partial charge in [-0.15, -0.1) is 0 Å². The maximum Gasteiger partial charge on any atom is 0.164 e. The predicted octanol–water partition coefficient (Wildman–Crippen LogP) is 3.38. The zero-order chi connectivity index (χ0) is 13.6. The van der Waals surface area contributed by atoms with Crippen LogP contribution in [0.25, 0.3) is 0 Å². The topological polar surface area (TPSA) is 37.3 Å². The van der Waals surface area contributed by atoms with Gasteiger partial charge in [-0.3, -0.25) is 4.79 Å². The maximum atomic E-state index is 11.8. The summed E-state index contributed by atoms with van der Waals surface area (Å²) in [4.78, 5) is 11.8. The van der Waals surface area contributed by atoms with Crippen molar-refractivity contribution < 1.29 is 9.90 Å². The van der Waals surface area contributed by atoms with Crippen molar-refractivity contribution in [3.63, 3.8) is 0 Å². The molecule has 0 aliphatic carbocycles. The van der Waals surface area contributed by atoms with Crippen molar-refractivity contribution in [2.75, 3.05) is 0 Å². The van der Waals surface area contributed by atoms with E-state index in [0.29, 0.717) is 12.3 Å². The normalized spacial score (nSPS) is 13.3. The highest BCUT2D eigenvalue weighted by molar-refractivity contribution is 5.86. The molecular formula is C16H24O2. The van der Waals surface area contributed by atoms with Crippen LogP contribution in [0.2, 0.25) is 0 Å². The van der Waals surface area contributed by atoms with Gasteiger partial charge in [0.25, 0.3) is 0 Å². The Balaban J connectivity index is 2.46. The van der Waals surface area contributed by atoms with Crippen LogP contribution in [0.4, 0.5) is 0 Å². The van der Waals surface area contributed by atoms with E-state index in [2.05, 4.69) is 19.1 Å². The third kappa shape index (κ3) is 5.01. The Morgan fingerprint density at radius 1 is 1.28 bits per heavy atom. The van der Waals surface area contributed by atoms with Crippen LogP contribution < -0.4 is 0 Å². The molecule has 0 bridgehead atoms. The van der Waals surface area contributed by atoms with E-state index in [1.807, 2.05) is 18.2 Å². The molecule has 0 amide bonds.